The van der Waals surface area contributed by atoms with Gasteiger partial charge in [-0.2, -0.15) is 9.57 Å². The molecule has 0 atom stereocenters. The zero-order chi connectivity index (χ0) is 26.9. The minimum Gasteiger partial charge on any atom is -0.370 e. The van der Waals surface area contributed by atoms with Gasteiger partial charge in [-0.15, -0.1) is 0 Å². The van der Waals surface area contributed by atoms with E-state index < -0.39 is 21.3 Å². The van der Waals surface area contributed by atoms with E-state index in [1.807, 2.05) is 30.3 Å². The summed E-state index contributed by atoms with van der Waals surface area (Å²) in [5, 5.41) is 10.7. The zero-order valence-corrected chi connectivity index (χ0v) is 22.1. The maximum Gasteiger partial charge on any atom is 0.257 e. The monoisotopic (exact) mass is 535 g/mol. The number of aromatic nitrogens is 1. The predicted octanol–water partition coefficient (Wildman–Crippen LogP) is 3.44. The molecule has 2 aliphatic heterocycles. The quantitative estimate of drug-likeness (QED) is 0.497. The first-order chi connectivity index (χ1) is 18.2. The van der Waals surface area contributed by atoms with Crippen molar-refractivity contribution in [3.05, 3.63) is 71.7 Å². The zero-order valence-electron chi connectivity index (χ0n) is 21.3. The summed E-state index contributed by atoms with van der Waals surface area (Å²) in [5.74, 6) is -0.674. The summed E-state index contributed by atoms with van der Waals surface area (Å²) in [4.78, 5) is 21.9. The number of halogens is 1. The van der Waals surface area contributed by atoms with Gasteiger partial charge in [0.15, 0.2) is 0 Å². The number of nitrogens with zero attached hydrogens (tertiary/aromatic N) is 5. The van der Waals surface area contributed by atoms with E-state index in [9.17, 15) is 22.9 Å². The summed E-state index contributed by atoms with van der Waals surface area (Å²) in [7, 11) is -3.33. The number of pyridine rings is 1. The van der Waals surface area contributed by atoms with Crippen LogP contribution in [0.25, 0.3) is 10.9 Å². The summed E-state index contributed by atoms with van der Waals surface area (Å²) in [6, 6.07) is 16.9. The molecule has 0 aliphatic carbocycles. The Morgan fingerprint density at radius 3 is 2.37 bits per heavy atom. The SMILES string of the molecule is CS(=O)(=O)N1CCN(C(=O)c2cnc3ccc(F)cc3c2N2CCC(C#N)(Cc3ccccc3)CC2)CC1. The smallest absolute Gasteiger partial charge is 0.257 e. The van der Waals surface area contributed by atoms with Crippen molar-refractivity contribution in [2.75, 3.05) is 50.4 Å². The molecular formula is C28H30FN5O3S. The number of piperazine rings is 1. The van der Waals surface area contributed by atoms with Crippen molar-refractivity contribution in [2.45, 2.75) is 19.3 Å². The van der Waals surface area contributed by atoms with E-state index >= 15 is 0 Å². The number of carbonyl (C=O) groups excluding carboxylic acids is 1. The highest BCUT2D eigenvalue weighted by molar-refractivity contribution is 7.88. The molecule has 8 nitrogen and oxygen atoms in total. The topological polar surface area (TPSA) is 97.6 Å². The van der Waals surface area contributed by atoms with Crippen LogP contribution in [0.5, 0.6) is 0 Å². The lowest BCUT2D eigenvalue weighted by Crippen LogP contribution is -2.50. The van der Waals surface area contributed by atoms with E-state index in [2.05, 4.69) is 16.0 Å². The minimum absolute atomic E-state index is 0.226. The van der Waals surface area contributed by atoms with Crippen LogP contribution >= 0.6 is 0 Å². The summed E-state index contributed by atoms with van der Waals surface area (Å²) >= 11 is 0. The molecule has 2 saturated heterocycles. The van der Waals surface area contributed by atoms with Gasteiger partial charge in [0.2, 0.25) is 10.0 Å². The molecule has 10 heteroatoms. The Balaban J connectivity index is 1.44. The lowest BCUT2D eigenvalue weighted by molar-refractivity contribution is 0.0698. The second-order valence-electron chi connectivity index (χ2n) is 10.2. The van der Waals surface area contributed by atoms with Crippen molar-refractivity contribution in [2.24, 2.45) is 5.41 Å². The highest BCUT2D eigenvalue weighted by Crippen LogP contribution is 2.39. The van der Waals surface area contributed by atoms with Crippen molar-refractivity contribution >= 4 is 32.5 Å². The maximum atomic E-state index is 14.4. The van der Waals surface area contributed by atoms with Crippen LogP contribution in [0.15, 0.2) is 54.7 Å². The molecular weight excluding hydrogens is 505 g/mol. The van der Waals surface area contributed by atoms with E-state index in [0.29, 0.717) is 54.5 Å². The van der Waals surface area contributed by atoms with E-state index in [0.717, 1.165) is 5.56 Å². The second kappa shape index (κ2) is 10.3. The fourth-order valence-electron chi connectivity index (χ4n) is 5.51. The first-order valence-corrected chi connectivity index (χ1v) is 14.6. The Labute approximate surface area is 222 Å². The van der Waals surface area contributed by atoms with E-state index in [-0.39, 0.29) is 32.1 Å². The molecule has 0 bridgehead atoms. The Morgan fingerprint density at radius 2 is 1.74 bits per heavy atom. The molecule has 1 amide bonds. The van der Waals surface area contributed by atoms with Gasteiger partial charge in [0.1, 0.15) is 5.82 Å². The van der Waals surface area contributed by atoms with Gasteiger partial charge in [-0.25, -0.2) is 12.8 Å². The molecule has 0 N–H and O–H groups in total. The van der Waals surface area contributed by atoms with Crippen molar-refractivity contribution in [3.63, 3.8) is 0 Å². The fraction of sp³-hybridized carbons (Fsp3) is 0.393. The fourth-order valence-corrected chi connectivity index (χ4v) is 6.34. The van der Waals surface area contributed by atoms with Gasteiger partial charge in [0.25, 0.3) is 5.91 Å². The largest absolute Gasteiger partial charge is 0.370 e. The Morgan fingerprint density at radius 1 is 1.05 bits per heavy atom. The molecule has 3 heterocycles. The van der Waals surface area contributed by atoms with Crippen LogP contribution in [0.3, 0.4) is 0 Å². The van der Waals surface area contributed by atoms with Gasteiger partial charge < -0.3 is 9.80 Å². The number of piperidine rings is 1. The number of anilines is 1. The van der Waals surface area contributed by atoms with Gasteiger partial charge >= 0.3 is 0 Å². The Kier molecular flexibility index (Phi) is 7.07. The summed E-state index contributed by atoms with van der Waals surface area (Å²) in [5.41, 5.74) is 2.17. The van der Waals surface area contributed by atoms with E-state index in [1.54, 1.807) is 11.0 Å². The number of nitriles is 1. The van der Waals surface area contributed by atoms with Crippen molar-refractivity contribution in [1.29, 1.82) is 5.26 Å². The number of rotatable bonds is 5. The summed E-state index contributed by atoms with van der Waals surface area (Å²) < 4.78 is 39.6. The number of carbonyl (C=O) groups is 1. The van der Waals surface area contributed by atoms with Gasteiger partial charge in [-0.3, -0.25) is 9.78 Å². The molecule has 0 radical (unpaired) electrons. The third kappa shape index (κ3) is 5.22. The Hall–Kier alpha value is -3.55. The average molecular weight is 536 g/mol. The normalized spacial score (nSPS) is 18.3. The first-order valence-electron chi connectivity index (χ1n) is 12.7. The lowest BCUT2D eigenvalue weighted by Gasteiger charge is -2.40. The van der Waals surface area contributed by atoms with Crippen LogP contribution in [0.2, 0.25) is 0 Å². The van der Waals surface area contributed by atoms with Crippen LogP contribution in [0.4, 0.5) is 10.1 Å². The van der Waals surface area contributed by atoms with E-state index in [4.69, 9.17) is 0 Å². The van der Waals surface area contributed by atoms with Crippen LogP contribution < -0.4 is 4.90 Å². The van der Waals surface area contributed by atoms with Crippen molar-refractivity contribution in [1.82, 2.24) is 14.2 Å². The molecule has 1 aromatic heterocycles. The summed E-state index contributed by atoms with van der Waals surface area (Å²) in [6.07, 6.45) is 4.58. The van der Waals surface area contributed by atoms with Gasteiger partial charge in [-0.05, 0) is 43.0 Å². The first kappa shape index (κ1) is 26.1. The number of sulfonamides is 1. The van der Waals surface area contributed by atoms with Crippen molar-refractivity contribution in [3.8, 4) is 6.07 Å². The van der Waals surface area contributed by atoms with Crippen molar-refractivity contribution < 1.29 is 17.6 Å². The number of hydrogen-bond donors (Lipinski definition) is 0. The second-order valence-corrected chi connectivity index (χ2v) is 12.2. The number of benzene rings is 2. The molecule has 2 aliphatic rings. The molecule has 3 aromatic rings. The molecule has 2 aromatic carbocycles. The van der Waals surface area contributed by atoms with Crippen LogP contribution in [-0.2, 0) is 16.4 Å². The van der Waals surface area contributed by atoms with Crippen LogP contribution in [0.1, 0.15) is 28.8 Å². The van der Waals surface area contributed by atoms with Gasteiger partial charge in [0.05, 0.1) is 34.5 Å². The molecule has 0 spiro atoms. The third-order valence-corrected chi connectivity index (χ3v) is 8.99. The van der Waals surface area contributed by atoms with Gasteiger partial charge in [-0.1, -0.05) is 30.3 Å². The van der Waals surface area contributed by atoms with E-state index in [1.165, 1.54) is 28.9 Å². The van der Waals surface area contributed by atoms with Crippen LogP contribution in [0, 0.1) is 22.6 Å². The average Bonchev–Trinajstić information content (AvgIpc) is 2.92. The number of amides is 1. The minimum atomic E-state index is -3.33. The van der Waals surface area contributed by atoms with Crippen LogP contribution in [-0.4, -0.2) is 74.0 Å². The Bertz CT molecular complexity index is 1490. The lowest BCUT2D eigenvalue weighted by atomic mass is 9.75. The maximum absolute atomic E-state index is 14.4. The molecule has 0 saturated carbocycles. The number of hydrogen-bond acceptors (Lipinski definition) is 6. The highest BCUT2D eigenvalue weighted by Gasteiger charge is 2.37. The predicted molar refractivity (Wildman–Crippen MR) is 144 cm³/mol. The summed E-state index contributed by atoms with van der Waals surface area (Å²) in [6.45, 7) is 2.06. The standard InChI is InChI=1S/C28H30FN5O3S/c1-38(36,37)34-15-13-33(14-16-34)27(35)24-19-31-25-8-7-22(29)17-23(25)26(24)32-11-9-28(20-30,10-12-32)18-21-5-3-2-4-6-21/h2-8,17,19H,9-16,18H2,1H3. The molecule has 5 rings (SSSR count). The molecule has 198 valence electrons. The highest BCUT2D eigenvalue weighted by atomic mass is 32.2. The molecule has 2 fully saturated rings. The van der Waals surface area contributed by atoms with Gasteiger partial charge in [0, 0.05) is 50.9 Å². The molecule has 38 heavy (non-hydrogen) atoms. The third-order valence-electron chi connectivity index (χ3n) is 7.69. The molecule has 0 unspecified atom stereocenters. The number of fused-ring (bicyclic) bond motifs is 1.